The number of methoxy groups -OCH3 is 1. The summed E-state index contributed by atoms with van der Waals surface area (Å²) in [6.07, 6.45) is 3.76. The van der Waals surface area contributed by atoms with E-state index >= 15 is 0 Å². The van der Waals surface area contributed by atoms with Crippen LogP contribution in [0.3, 0.4) is 0 Å². The lowest BCUT2D eigenvalue weighted by Crippen LogP contribution is -2.64. The largest absolute Gasteiger partial charge is 0.496 e. The molecule has 3 rings (SSSR count). The van der Waals surface area contributed by atoms with E-state index in [2.05, 4.69) is 58.5 Å². The Morgan fingerprint density at radius 3 is 2.33 bits per heavy atom. The average molecular weight is 301 g/mol. The van der Waals surface area contributed by atoms with Gasteiger partial charge in [0.25, 0.3) is 0 Å². The van der Waals surface area contributed by atoms with Crippen molar-refractivity contribution >= 4 is 15.6 Å². The Balaban J connectivity index is 2.28. The van der Waals surface area contributed by atoms with Crippen LogP contribution in [0.5, 0.6) is 5.75 Å². The van der Waals surface area contributed by atoms with Gasteiger partial charge in [-0.05, 0) is 34.9 Å². The third kappa shape index (κ3) is 1.63. The zero-order valence-electron chi connectivity index (χ0n) is 14.3. The molecular weight excluding hydrogens is 272 g/mol. The summed E-state index contributed by atoms with van der Waals surface area (Å²) in [6.45, 7) is 12.2. The van der Waals surface area contributed by atoms with E-state index in [0.29, 0.717) is 10.8 Å². The van der Waals surface area contributed by atoms with Gasteiger partial charge in [-0.15, -0.1) is 0 Å². The highest BCUT2D eigenvalue weighted by Crippen LogP contribution is 2.74. The van der Waals surface area contributed by atoms with Crippen molar-refractivity contribution in [3.8, 4) is 5.75 Å². The van der Waals surface area contributed by atoms with E-state index in [1.54, 1.807) is 12.7 Å². The molecule has 0 aromatic heterocycles. The number of allylic oxidation sites excluding steroid dienone is 1. The van der Waals surface area contributed by atoms with Crippen LogP contribution >= 0.6 is 0 Å². The molecule has 0 atom stereocenters. The zero-order chi connectivity index (χ0) is 15.5. The molecule has 0 aliphatic heterocycles. The predicted molar refractivity (Wildman–Crippen MR) is 94.0 cm³/mol. The highest BCUT2D eigenvalue weighted by atomic mass is 28.2. The van der Waals surface area contributed by atoms with Crippen molar-refractivity contribution in [3.63, 3.8) is 0 Å². The molecule has 2 heteroatoms. The molecule has 0 heterocycles. The second kappa shape index (κ2) is 4.49. The Kier molecular flexibility index (Phi) is 3.18. The lowest BCUT2D eigenvalue weighted by molar-refractivity contribution is -0.0889. The van der Waals surface area contributed by atoms with Crippen molar-refractivity contribution in [2.75, 3.05) is 7.11 Å². The van der Waals surface area contributed by atoms with Crippen LogP contribution in [-0.2, 0) is 5.41 Å². The van der Waals surface area contributed by atoms with Gasteiger partial charge in [-0.25, -0.2) is 0 Å². The van der Waals surface area contributed by atoms with E-state index in [1.165, 1.54) is 23.6 Å². The van der Waals surface area contributed by atoms with Gasteiger partial charge in [0.15, 0.2) is 0 Å². The van der Waals surface area contributed by atoms with E-state index in [1.807, 2.05) is 0 Å². The monoisotopic (exact) mass is 300 g/mol. The first-order valence-electron chi connectivity index (χ1n) is 8.20. The van der Waals surface area contributed by atoms with Crippen LogP contribution in [0.25, 0.3) is 6.08 Å². The van der Waals surface area contributed by atoms with Crippen LogP contribution in [0.15, 0.2) is 23.8 Å². The van der Waals surface area contributed by atoms with Gasteiger partial charge in [0, 0.05) is 20.5 Å². The Morgan fingerprint density at radius 1 is 1.14 bits per heavy atom. The molecule has 1 spiro atoms. The second-order valence-electron chi connectivity index (χ2n) is 8.04. The molecular formula is C19H28OSi. The van der Waals surface area contributed by atoms with Gasteiger partial charge in [0.2, 0.25) is 0 Å². The van der Waals surface area contributed by atoms with Crippen molar-refractivity contribution in [2.24, 2.45) is 10.8 Å². The van der Waals surface area contributed by atoms with Crippen LogP contribution in [0.2, 0.25) is 12.6 Å². The summed E-state index contributed by atoms with van der Waals surface area (Å²) in [5.74, 6) is 1.04. The number of fused-ring (bicyclic) bond motifs is 2. The maximum absolute atomic E-state index is 5.65. The smallest absolute Gasteiger partial charge is 0.126 e. The fraction of sp³-hybridized carbons (Fsp3) is 0.579. The molecule has 2 aliphatic rings. The van der Waals surface area contributed by atoms with E-state index in [9.17, 15) is 0 Å². The molecule has 1 nitrogen and oxygen atoms in total. The molecule has 1 fully saturated rings. The number of benzene rings is 1. The highest BCUT2D eigenvalue weighted by Gasteiger charge is 2.68. The molecule has 0 amide bonds. The summed E-state index contributed by atoms with van der Waals surface area (Å²) in [4.78, 5) is 0. The van der Waals surface area contributed by atoms with Gasteiger partial charge >= 0.3 is 0 Å². The zero-order valence-corrected chi connectivity index (χ0v) is 15.8. The second-order valence-corrected chi connectivity index (χ2v) is 9.54. The van der Waals surface area contributed by atoms with Crippen molar-refractivity contribution in [2.45, 2.75) is 52.1 Å². The summed E-state index contributed by atoms with van der Waals surface area (Å²) in [5.41, 5.74) is 5.43. The SMILES string of the molecule is COc1cccc2c1C=C(C[SiH2]C)C21C(C)(C)CC1(C)C. The molecule has 0 radical (unpaired) electrons. The normalized spacial score (nSPS) is 24.0. The number of ether oxygens (including phenoxy) is 1. The molecule has 2 aliphatic carbocycles. The van der Waals surface area contributed by atoms with Crippen LogP contribution < -0.4 is 4.74 Å². The van der Waals surface area contributed by atoms with Gasteiger partial charge in [-0.1, -0.05) is 58.0 Å². The summed E-state index contributed by atoms with van der Waals surface area (Å²) in [7, 11) is 1.79. The molecule has 0 bridgehead atoms. The number of hydrogen-bond donors (Lipinski definition) is 0. The van der Waals surface area contributed by atoms with E-state index in [-0.39, 0.29) is 14.9 Å². The molecule has 0 unspecified atom stereocenters. The van der Waals surface area contributed by atoms with Crippen molar-refractivity contribution in [1.82, 2.24) is 0 Å². The highest BCUT2D eigenvalue weighted by molar-refractivity contribution is 6.34. The minimum atomic E-state index is 0.000298. The first-order valence-corrected chi connectivity index (χ1v) is 10.6. The van der Waals surface area contributed by atoms with E-state index < -0.39 is 0 Å². The third-order valence-corrected chi connectivity index (χ3v) is 6.96. The van der Waals surface area contributed by atoms with Crippen LogP contribution in [-0.4, -0.2) is 16.6 Å². The number of rotatable bonds is 3. The van der Waals surface area contributed by atoms with Gasteiger partial charge in [0.05, 0.1) is 7.11 Å². The quantitative estimate of drug-likeness (QED) is 0.751. The van der Waals surface area contributed by atoms with Crippen molar-refractivity contribution < 1.29 is 4.74 Å². The fourth-order valence-corrected chi connectivity index (χ4v) is 7.02. The average Bonchev–Trinajstić information content (AvgIpc) is 2.74. The molecule has 114 valence electrons. The lowest BCUT2D eigenvalue weighted by Gasteiger charge is -2.68. The van der Waals surface area contributed by atoms with Gasteiger partial charge in [-0.3, -0.25) is 0 Å². The fourth-order valence-electron chi connectivity index (χ4n) is 5.96. The Bertz CT molecular complexity index is 596. The summed E-state index contributed by atoms with van der Waals surface area (Å²) in [6, 6.07) is 7.95. The van der Waals surface area contributed by atoms with Crippen LogP contribution in [0.1, 0.15) is 45.2 Å². The van der Waals surface area contributed by atoms with Crippen molar-refractivity contribution in [1.29, 1.82) is 0 Å². The molecule has 0 saturated heterocycles. The predicted octanol–water partition coefficient (Wildman–Crippen LogP) is 4.42. The molecule has 21 heavy (non-hydrogen) atoms. The van der Waals surface area contributed by atoms with Gasteiger partial charge < -0.3 is 4.74 Å². The topological polar surface area (TPSA) is 9.23 Å². The van der Waals surface area contributed by atoms with Gasteiger partial charge in [-0.2, -0.15) is 0 Å². The van der Waals surface area contributed by atoms with E-state index in [0.717, 1.165) is 5.75 Å². The maximum Gasteiger partial charge on any atom is 0.126 e. The van der Waals surface area contributed by atoms with Crippen molar-refractivity contribution in [3.05, 3.63) is 34.9 Å². The number of hydrogen-bond acceptors (Lipinski definition) is 1. The van der Waals surface area contributed by atoms with Crippen LogP contribution in [0.4, 0.5) is 0 Å². The molecule has 0 N–H and O–H groups in total. The van der Waals surface area contributed by atoms with Gasteiger partial charge in [0.1, 0.15) is 5.75 Å². The minimum absolute atomic E-state index is 0.000298. The minimum Gasteiger partial charge on any atom is -0.496 e. The molecule has 1 aromatic rings. The Labute approximate surface area is 131 Å². The van der Waals surface area contributed by atoms with E-state index in [4.69, 9.17) is 4.74 Å². The lowest BCUT2D eigenvalue weighted by atomic mass is 9.35. The standard InChI is InChI=1S/C19H28OSi/c1-17(2)12-18(3,4)19(17)13(11-21-6)10-14-15(19)8-7-9-16(14)20-5/h7-10H,11-12,21H2,1-6H3. The molecule has 1 saturated carbocycles. The Hall–Kier alpha value is -1.02. The third-order valence-electron chi connectivity index (χ3n) is 5.92. The maximum atomic E-state index is 5.65. The summed E-state index contributed by atoms with van der Waals surface area (Å²) < 4.78 is 5.65. The summed E-state index contributed by atoms with van der Waals surface area (Å²) in [5, 5.41) is 0. The molecule has 1 aromatic carbocycles. The first kappa shape index (κ1) is 14.9. The summed E-state index contributed by atoms with van der Waals surface area (Å²) >= 11 is 0. The Morgan fingerprint density at radius 2 is 1.81 bits per heavy atom. The first-order chi connectivity index (χ1) is 9.81. The van der Waals surface area contributed by atoms with Crippen LogP contribution in [0, 0.1) is 10.8 Å².